The van der Waals surface area contributed by atoms with E-state index >= 15 is 0 Å². The molecule has 0 atom stereocenters. The van der Waals surface area contributed by atoms with Gasteiger partial charge in [0.25, 0.3) is 0 Å². The maximum atomic E-state index is 13.0. The Labute approximate surface area is 175 Å². The number of aromatic nitrogens is 2. The van der Waals surface area contributed by atoms with Crippen LogP contribution in [0.3, 0.4) is 0 Å². The molecule has 0 unspecified atom stereocenters. The number of halogens is 1. The van der Waals surface area contributed by atoms with Crippen LogP contribution in [0.15, 0.2) is 35.4 Å². The molecule has 0 bridgehead atoms. The number of aryl methyl sites for hydroxylation is 1. The highest BCUT2D eigenvalue weighted by atomic mass is 35.5. The summed E-state index contributed by atoms with van der Waals surface area (Å²) in [6, 6.07) is 5.73. The summed E-state index contributed by atoms with van der Waals surface area (Å²) in [4.78, 5) is 22.9. The lowest BCUT2D eigenvalue weighted by Gasteiger charge is -2.33. The van der Waals surface area contributed by atoms with E-state index < -0.39 is 16.0 Å². The summed E-state index contributed by atoms with van der Waals surface area (Å²) < 4.78 is 32.7. The predicted octanol–water partition coefficient (Wildman–Crippen LogP) is 2.12. The molecule has 0 aliphatic carbocycles. The number of carbonyl (C=O) groups excluding carboxylic acids is 1. The van der Waals surface area contributed by atoms with Crippen molar-refractivity contribution in [3.05, 3.63) is 52.6 Å². The Kier molecular flexibility index (Phi) is 6.84. The van der Waals surface area contributed by atoms with Gasteiger partial charge in [0.1, 0.15) is 12.4 Å². The average molecular weight is 439 g/mol. The Balaban J connectivity index is 1.76. The third kappa shape index (κ3) is 5.11. The van der Waals surface area contributed by atoms with Crippen LogP contribution in [0.1, 0.15) is 28.8 Å². The SMILES string of the molecule is CCN1CCN(S(=O)(=O)c2ccc(Cl)c(C(=O)OCc3ccnc(C)n3)c2)CC1. The highest BCUT2D eigenvalue weighted by Gasteiger charge is 2.29. The number of hydrogen-bond donors (Lipinski definition) is 0. The van der Waals surface area contributed by atoms with Gasteiger partial charge in [0.15, 0.2) is 0 Å². The maximum absolute atomic E-state index is 13.0. The number of benzene rings is 1. The van der Waals surface area contributed by atoms with Gasteiger partial charge in [-0.25, -0.2) is 23.2 Å². The molecule has 1 aromatic carbocycles. The highest BCUT2D eigenvalue weighted by Crippen LogP contribution is 2.24. The molecule has 0 saturated carbocycles. The van der Waals surface area contributed by atoms with Crippen LogP contribution in [0.25, 0.3) is 0 Å². The van der Waals surface area contributed by atoms with Crippen molar-refractivity contribution in [3.63, 3.8) is 0 Å². The largest absolute Gasteiger partial charge is 0.456 e. The summed E-state index contributed by atoms with van der Waals surface area (Å²) in [7, 11) is -3.72. The van der Waals surface area contributed by atoms with Crippen molar-refractivity contribution < 1.29 is 17.9 Å². The number of hydrogen-bond acceptors (Lipinski definition) is 7. The molecule has 0 radical (unpaired) electrons. The lowest BCUT2D eigenvalue weighted by Crippen LogP contribution is -2.48. The molecule has 10 heteroatoms. The van der Waals surface area contributed by atoms with E-state index in [9.17, 15) is 13.2 Å². The summed E-state index contributed by atoms with van der Waals surface area (Å²) in [6.45, 7) is 6.77. The minimum absolute atomic E-state index is 0.00529. The number of esters is 1. The number of nitrogens with zero attached hydrogens (tertiary/aromatic N) is 4. The van der Waals surface area contributed by atoms with Crippen molar-refractivity contribution in [2.45, 2.75) is 25.3 Å². The van der Waals surface area contributed by atoms with Crippen molar-refractivity contribution in [1.82, 2.24) is 19.2 Å². The minimum atomic E-state index is -3.72. The highest BCUT2D eigenvalue weighted by molar-refractivity contribution is 7.89. The fourth-order valence-electron chi connectivity index (χ4n) is 3.06. The number of rotatable bonds is 6. The molecule has 0 spiro atoms. The van der Waals surface area contributed by atoms with Gasteiger partial charge in [-0.05, 0) is 37.7 Å². The van der Waals surface area contributed by atoms with Crippen LogP contribution < -0.4 is 0 Å². The van der Waals surface area contributed by atoms with E-state index in [-0.39, 0.29) is 22.1 Å². The van der Waals surface area contributed by atoms with E-state index in [1.54, 1.807) is 19.2 Å². The molecule has 1 aliphatic heterocycles. The number of carbonyl (C=O) groups is 1. The first-order chi connectivity index (χ1) is 13.8. The van der Waals surface area contributed by atoms with Crippen LogP contribution in [0, 0.1) is 6.92 Å². The van der Waals surface area contributed by atoms with E-state index in [2.05, 4.69) is 14.9 Å². The molecule has 1 fully saturated rings. The molecule has 1 aliphatic rings. The third-order valence-corrected chi connectivity index (χ3v) is 6.98. The number of sulfonamides is 1. The zero-order valence-electron chi connectivity index (χ0n) is 16.3. The number of ether oxygens (including phenoxy) is 1. The van der Waals surface area contributed by atoms with Crippen LogP contribution in [-0.2, 0) is 21.4 Å². The third-order valence-electron chi connectivity index (χ3n) is 4.76. The van der Waals surface area contributed by atoms with Gasteiger partial charge in [0.05, 0.1) is 21.2 Å². The summed E-state index contributed by atoms with van der Waals surface area (Å²) in [5, 5.41) is 0.128. The molecule has 3 rings (SSSR count). The molecule has 1 saturated heterocycles. The molecule has 1 aromatic heterocycles. The molecule has 0 N–H and O–H groups in total. The normalized spacial score (nSPS) is 16.0. The van der Waals surface area contributed by atoms with E-state index in [1.807, 2.05) is 6.92 Å². The summed E-state index contributed by atoms with van der Waals surface area (Å²) in [5.41, 5.74) is 0.547. The van der Waals surface area contributed by atoms with Crippen molar-refractivity contribution in [2.75, 3.05) is 32.7 Å². The monoisotopic (exact) mass is 438 g/mol. The first-order valence-electron chi connectivity index (χ1n) is 9.29. The van der Waals surface area contributed by atoms with Crippen molar-refractivity contribution in [1.29, 1.82) is 0 Å². The summed E-state index contributed by atoms with van der Waals surface area (Å²) in [6.07, 6.45) is 1.57. The zero-order valence-corrected chi connectivity index (χ0v) is 17.9. The molecule has 2 aromatic rings. The fraction of sp³-hybridized carbons (Fsp3) is 0.421. The van der Waals surface area contributed by atoms with E-state index in [4.69, 9.17) is 16.3 Å². The molecule has 156 valence electrons. The van der Waals surface area contributed by atoms with Crippen LogP contribution in [0.5, 0.6) is 0 Å². The molecular weight excluding hydrogens is 416 g/mol. The van der Waals surface area contributed by atoms with Crippen molar-refractivity contribution in [2.24, 2.45) is 0 Å². The summed E-state index contributed by atoms with van der Waals surface area (Å²) >= 11 is 6.13. The predicted molar refractivity (Wildman–Crippen MR) is 108 cm³/mol. The number of piperazine rings is 1. The van der Waals surface area contributed by atoms with Crippen LogP contribution in [0.4, 0.5) is 0 Å². The zero-order chi connectivity index (χ0) is 21.0. The molecule has 29 heavy (non-hydrogen) atoms. The van der Waals surface area contributed by atoms with Crippen LogP contribution in [0.2, 0.25) is 5.02 Å². The van der Waals surface area contributed by atoms with Gasteiger partial charge in [-0.15, -0.1) is 0 Å². The molecule has 2 heterocycles. The Hall–Kier alpha value is -2.07. The van der Waals surface area contributed by atoms with E-state index in [1.165, 1.54) is 22.5 Å². The second-order valence-electron chi connectivity index (χ2n) is 6.65. The average Bonchev–Trinajstić information content (AvgIpc) is 2.72. The van der Waals surface area contributed by atoms with Gasteiger partial charge in [0.2, 0.25) is 10.0 Å². The van der Waals surface area contributed by atoms with E-state index in [0.717, 1.165) is 6.54 Å². The first kappa shape index (κ1) is 21.6. The first-order valence-corrected chi connectivity index (χ1v) is 11.1. The fourth-order valence-corrected chi connectivity index (χ4v) is 4.70. The van der Waals surface area contributed by atoms with Crippen molar-refractivity contribution in [3.8, 4) is 0 Å². The van der Waals surface area contributed by atoms with E-state index in [0.29, 0.717) is 37.7 Å². The Bertz CT molecular complexity index is 991. The van der Waals surface area contributed by atoms with Crippen LogP contribution >= 0.6 is 11.6 Å². The Morgan fingerprint density at radius 3 is 2.59 bits per heavy atom. The van der Waals surface area contributed by atoms with Gasteiger partial charge in [-0.1, -0.05) is 18.5 Å². The van der Waals surface area contributed by atoms with Gasteiger partial charge < -0.3 is 9.64 Å². The van der Waals surface area contributed by atoms with Gasteiger partial charge in [0, 0.05) is 32.4 Å². The number of likely N-dealkylation sites (N-methyl/N-ethyl adjacent to an activating group) is 1. The smallest absolute Gasteiger partial charge is 0.340 e. The maximum Gasteiger partial charge on any atom is 0.340 e. The van der Waals surface area contributed by atoms with Crippen LogP contribution in [-0.4, -0.2) is 66.3 Å². The standard InChI is InChI=1S/C19H23ClN4O4S/c1-3-23-8-10-24(11-9-23)29(26,27)16-4-5-18(20)17(12-16)19(25)28-13-15-6-7-21-14(2)22-15/h4-7,12H,3,8-11,13H2,1-2H3. The quantitative estimate of drug-likeness (QED) is 0.637. The second kappa shape index (κ2) is 9.17. The summed E-state index contributed by atoms with van der Waals surface area (Å²) in [5.74, 6) is -0.146. The second-order valence-corrected chi connectivity index (χ2v) is 9.00. The van der Waals surface area contributed by atoms with Gasteiger partial charge in [-0.2, -0.15) is 4.31 Å². The minimum Gasteiger partial charge on any atom is -0.456 e. The lowest BCUT2D eigenvalue weighted by atomic mass is 10.2. The van der Waals surface area contributed by atoms with Gasteiger partial charge >= 0.3 is 5.97 Å². The van der Waals surface area contributed by atoms with Crippen molar-refractivity contribution >= 4 is 27.6 Å². The Morgan fingerprint density at radius 2 is 1.93 bits per heavy atom. The van der Waals surface area contributed by atoms with Gasteiger partial charge in [-0.3, -0.25) is 0 Å². The topological polar surface area (TPSA) is 92.7 Å². The molecular formula is C19H23ClN4O4S. The Morgan fingerprint density at radius 1 is 1.21 bits per heavy atom. The molecule has 0 amide bonds. The molecule has 8 nitrogen and oxygen atoms in total. The lowest BCUT2D eigenvalue weighted by molar-refractivity contribution is 0.0467.